The van der Waals surface area contributed by atoms with Crippen LogP contribution in [0.5, 0.6) is 0 Å². The molecule has 0 unspecified atom stereocenters. The van der Waals surface area contributed by atoms with Gasteiger partial charge < -0.3 is 0 Å². The van der Waals surface area contributed by atoms with Crippen LogP contribution in [0.3, 0.4) is 0 Å². The van der Waals surface area contributed by atoms with Crippen LogP contribution in [0.1, 0.15) is 54.6 Å². The average Bonchev–Trinajstić information content (AvgIpc) is 2.70. The zero-order chi connectivity index (χ0) is 16.0. The fourth-order valence-corrected chi connectivity index (χ4v) is 4.41. The first kappa shape index (κ1) is 5.38. The van der Waals surface area contributed by atoms with Crippen molar-refractivity contribution < 1.29 is 8.22 Å². The smallest absolute Gasteiger partial charge is 0.0537 e. The van der Waals surface area contributed by atoms with E-state index in [0.29, 0.717) is 12.8 Å². The summed E-state index contributed by atoms with van der Waals surface area (Å²) >= 11 is 0. The molecule has 3 saturated carbocycles. The van der Waals surface area contributed by atoms with E-state index in [1.807, 2.05) is 20.8 Å². The molecule has 0 saturated heterocycles. The minimum absolute atomic E-state index is 0.00130. The third kappa shape index (κ3) is 1.04. The summed E-state index contributed by atoms with van der Waals surface area (Å²) in [7, 11) is 0. The Morgan fingerprint density at radius 2 is 2.27 bits per heavy atom. The molecule has 0 N–H and O–H groups in total. The molecular weight excluding hydrogens is 180 g/mol. The Kier molecular flexibility index (Phi) is 1.04. The van der Waals surface area contributed by atoms with Crippen LogP contribution in [0.4, 0.5) is 0 Å². The van der Waals surface area contributed by atoms with Crippen molar-refractivity contribution in [1.82, 2.24) is 0 Å². The molecule has 3 rings (SSSR count). The highest BCUT2D eigenvalue weighted by molar-refractivity contribution is 5.19. The normalized spacial score (nSPS) is 69.4. The van der Waals surface area contributed by atoms with E-state index in [9.17, 15) is 0 Å². The van der Waals surface area contributed by atoms with Gasteiger partial charge in [0.05, 0.1) is 2.74 Å². The number of hydrogen-bond donors (Lipinski definition) is 0. The van der Waals surface area contributed by atoms with Crippen molar-refractivity contribution in [3.63, 3.8) is 0 Å². The Balaban J connectivity index is 2.10. The first-order chi connectivity index (χ1) is 9.45. The van der Waals surface area contributed by atoms with Gasteiger partial charge in [0.1, 0.15) is 0 Å². The molecule has 0 heteroatoms. The molecule has 0 aliphatic heterocycles. The molecule has 0 heterocycles. The molecule has 0 amide bonds. The molecule has 6 atom stereocenters. The van der Waals surface area contributed by atoms with E-state index < -0.39 is 18.2 Å². The standard InChI is InChI=1S/C15H24/c1-9(2)13-12-7-8-15(12,4)11-6-5-10(3)14(11)13/h10-14H,1,5-8H2,2-4H3/t10-,11+,12+,13-,14-,15-/m1/s1/i1D2,5D2,8D2. The van der Waals surface area contributed by atoms with Crippen LogP contribution in [-0.2, 0) is 0 Å². The quantitative estimate of drug-likeness (QED) is 0.567. The maximum Gasteiger partial charge on any atom is 0.0537 e. The lowest BCUT2D eigenvalue weighted by Crippen LogP contribution is -2.39. The first-order valence-corrected chi connectivity index (χ1v) is 6.09. The highest BCUT2D eigenvalue weighted by Crippen LogP contribution is 2.71. The van der Waals surface area contributed by atoms with E-state index in [1.54, 1.807) is 0 Å². The lowest BCUT2D eigenvalue weighted by atomic mass is 9.57. The van der Waals surface area contributed by atoms with E-state index >= 15 is 0 Å². The van der Waals surface area contributed by atoms with Gasteiger partial charge in [0, 0.05) is 5.48 Å². The Hall–Kier alpha value is -0.260. The Bertz CT molecular complexity index is 506. The summed E-state index contributed by atoms with van der Waals surface area (Å²) in [6.07, 6.45) is -1.61. The number of allylic oxidation sites excluding steroid dienone is 1. The molecule has 0 aromatic rings. The maximum absolute atomic E-state index is 8.31. The van der Waals surface area contributed by atoms with Crippen LogP contribution in [0.2, 0.25) is 0 Å². The molecule has 3 aliphatic rings. The summed E-state index contributed by atoms with van der Waals surface area (Å²) in [6, 6.07) is 0. The van der Waals surface area contributed by atoms with Crippen molar-refractivity contribution >= 4 is 0 Å². The molecule has 0 aromatic heterocycles. The lowest BCUT2D eigenvalue weighted by molar-refractivity contribution is 0.0272. The van der Waals surface area contributed by atoms with Gasteiger partial charge in [0.15, 0.2) is 0 Å². The molecule has 3 aliphatic carbocycles. The van der Waals surface area contributed by atoms with Crippen LogP contribution in [0.15, 0.2) is 12.1 Å². The Morgan fingerprint density at radius 1 is 1.47 bits per heavy atom. The second kappa shape index (κ2) is 2.90. The molecule has 0 bridgehead atoms. The molecule has 0 aromatic carbocycles. The molecule has 0 spiro atoms. The van der Waals surface area contributed by atoms with E-state index in [0.717, 1.165) is 5.57 Å². The Labute approximate surface area is 103 Å². The topological polar surface area (TPSA) is 0 Å². The second-order valence-electron chi connectivity index (χ2n) is 5.86. The molecule has 15 heavy (non-hydrogen) atoms. The van der Waals surface area contributed by atoms with Crippen molar-refractivity contribution in [3.8, 4) is 0 Å². The summed E-state index contributed by atoms with van der Waals surface area (Å²) in [4.78, 5) is 0. The van der Waals surface area contributed by atoms with E-state index in [1.165, 1.54) is 0 Å². The molecule has 3 fully saturated rings. The van der Waals surface area contributed by atoms with E-state index in [-0.39, 0.29) is 36.1 Å². The van der Waals surface area contributed by atoms with Crippen LogP contribution in [0.25, 0.3) is 0 Å². The summed E-state index contributed by atoms with van der Waals surface area (Å²) < 4.78 is 48.5. The van der Waals surface area contributed by atoms with Gasteiger partial charge in [0.2, 0.25) is 0 Å². The minimum Gasteiger partial charge on any atom is -0.0998 e. The van der Waals surface area contributed by atoms with Crippen LogP contribution in [-0.4, -0.2) is 0 Å². The highest BCUT2D eigenvalue weighted by Gasteiger charge is 2.64. The predicted octanol–water partition coefficient (Wildman–Crippen LogP) is 4.27. The first-order valence-electron chi connectivity index (χ1n) is 9.09. The van der Waals surface area contributed by atoms with Gasteiger partial charge in [-0.05, 0) is 61.1 Å². The van der Waals surface area contributed by atoms with Crippen molar-refractivity contribution in [3.05, 3.63) is 12.1 Å². The van der Waals surface area contributed by atoms with Crippen molar-refractivity contribution in [2.75, 3.05) is 0 Å². The SMILES string of the molecule is [2H]C([2H])=C(C)[C@H]1[C@@H]2[C@H](C)C([2H])([2H])C[C@@H]2[C@]2(C)[C@H]1CC2([2H])[2H]. The third-order valence-corrected chi connectivity index (χ3v) is 5.29. The van der Waals surface area contributed by atoms with Gasteiger partial charge in [0.25, 0.3) is 0 Å². The fourth-order valence-electron chi connectivity index (χ4n) is 4.41. The van der Waals surface area contributed by atoms with Gasteiger partial charge in [-0.15, -0.1) is 0 Å². The van der Waals surface area contributed by atoms with Gasteiger partial charge in [-0.3, -0.25) is 0 Å². The largest absolute Gasteiger partial charge is 0.0998 e. The zero-order valence-corrected chi connectivity index (χ0v) is 9.80. The monoisotopic (exact) mass is 210 g/mol. The molecule has 84 valence electrons. The third-order valence-electron chi connectivity index (χ3n) is 5.29. The summed E-state index contributed by atoms with van der Waals surface area (Å²) in [6.45, 7) is 5.56. The van der Waals surface area contributed by atoms with Gasteiger partial charge in [-0.2, -0.15) is 0 Å². The number of hydrogen-bond acceptors (Lipinski definition) is 0. The van der Waals surface area contributed by atoms with E-state index in [4.69, 9.17) is 8.22 Å². The summed E-state index contributed by atoms with van der Waals surface area (Å²) in [5.41, 5.74) is 0.218. The minimum atomic E-state index is -1.27. The van der Waals surface area contributed by atoms with Gasteiger partial charge in [-0.25, -0.2) is 0 Å². The van der Waals surface area contributed by atoms with Gasteiger partial charge >= 0.3 is 0 Å². The molecular formula is C15H24. The lowest BCUT2D eigenvalue weighted by Gasteiger charge is -2.47. The highest BCUT2D eigenvalue weighted by atomic mass is 14.7. The van der Waals surface area contributed by atoms with E-state index in [2.05, 4.69) is 0 Å². The molecule has 0 nitrogen and oxygen atoms in total. The molecule has 0 radical (unpaired) electrons. The number of fused-ring (bicyclic) bond motifs is 3. The summed E-state index contributed by atoms with van der Waals surface area (Å²) in [5, 5.41) is 0. The Morgan fingerprint density at radius 3 is 2.93 bits per heavy atom. The average molecular weight is 210 g/mol. The predicted molar refractivity (Wildman–Crippen MR) is 64.5 cm³/mol. The second-order valence-corrected chi connectivity index (χ2v) is 5.86. The zero-order valence-electron chi connectivity index (χ0n) is 15.8. The van der Waals surface area contributed by atoms with Crippen molar-refractivity contribution in [2.45, 2.75) is 46.4 Å². The van der Waals surface area contributed by atoms with Crippen molar-refractivity contribution in [1.29, 1.82) is 0 Å². The fraction of sp³-hybridized carbons (Fsp3) is 0.867. The van der Waals surface area contributed by atoms with Gasteiger partial charge in [-0.1, -0.05) is 32.3 Å². The summed E-state index contributed by atoms with van der Waals surface area (Å²) in [5.74, 6) is 0.113. The van der Waals surface area contributed by atoms with Crippen molar-refractivity contribution in [2.24, 2.45) is 35.0 Å². The van der Waals surface area contributed by atoms with Crippen LogP contribution < -0.4 is 0 Å². The number of rotatable bonds is 1. The van der Waals surface area contributed by atoms with Crippen LogP contribution >= 0.6 is 0 Å². The van der Waals surface area contributed by atoms with Crippen LogP contribution in [0, 0.1) is 35.0 Å². The maximum atomic E-state index is 8.31.